The van der Waals surface area contributed by atoms with E-state index in [4.69, 9.17) is 26.3 Å². The summed E-state index contributed by atoms with van der Waals surface area (Å²) in [5.41, 5.74) is 2.65. The summed E-state index contributed by atoms with van der Waals surface area (Å²) in [6, 6.07) is 10.8. The molecular weight excluding hydrogens is 624 g/mol. The van der Waals surface area contributed by atoms with E-state index in [1.165, 1.54) is 11.0 Å². The molecule has 1 amide bonds. The third-order valence-corrected chi connectivity index (χ3v) is 10.2. The molecule has 0 unspecified atom stereocenters. The lowest BCUT2D eigenvalue weighted by atomic mass is 10.0. The van der Waals surface area contributed by atoms with E-state index >= 15 is 0 Å². The van der Waals surface area contributed by atoms with Crippen LogP contribution in [0.15, 0.2) is 42.7 Å². The highest BCUT2D eigenvalue weighted by atomic mass is 35.5. The molecule has 2 fully saturated rings. The molecule has 12 heteroatoms. The third kappa shape index (κ3) is 6.72. The van der Waals surface area contributed by atoms with E-state index < -0.39 is 23.6 Å². The summed E-state index contributed by atoms with van der Waals surface area (Å²) in [7, 11) is 0. The minimum Gasteiger partial charge on any atom is -0.463 e. The Hall–Kier alpha value is -4.01. The van der Waals surface area contributed by atoms with Gasteiger partial charge < -0.3 is 24.3 Å². The lowest BCUT2D eigenvalue weighted by Gasteiger charge is -2.42. The van der Waals surface area contributed by atoms with Gasteiger partial charge in [0.15, 0.2) is 5.83 Å². The molecule has 47 heavy (non-hydrogen) atoms. The molecule has 1 saturated carbocycles. The highest BCUT2D eigenvalue weighted by Crippen LogP contribution is 2.46. The second-order valence-electron chi connectivity index (χ2n) is 12.8. The molecule has 3 aliphatic rings. The lowest BCUT2D eigenvalue weighted by molar-refractivity contribution is -0.131. The number of piperazine rings is 1. The van der Waals surface area contributed by atoms with Gasteiger partial charge in [0.25, 0.3) is 5.91 Å². The van der Waals surface area contributed by atoms with Gasteiger partial charge in [0.2, 0.25) is 0 Å². The van der Waals surface area contributed by atoms with Crippen molar-refractivity contribution in [3.63, 3.8) is 0 Å². The van der Waals surface area contributed by atoms with Gasteiger partial charge in [-0.25, -0.2) is 8.78 Å². The number of rotatable bonds is 11. The first-order chi connectivity index (χ1) is 22.7. The number of carbonyl (C=O) groups excluding carboxylic acids is 1. The van der Waals surface area contributed by atoms with E-state index in [-0.39, 0.29) is 29.4 Å². The molecule has 0 radical (unpaired) electrons. The van der Waals surface area contributed by atoms with Gasteiger partial charge in [0, 0.05) is 54.8 Å². The van der Waals surface area contributed by atoms with Crippen molar-refractivity contribution in [2.24, 2.45) is 5.41 Å². The molecule has 0 bridgehead atoms. The van der Waals surface area contributed by atoms with Gasteiger partial charge in [-0.3, -0.25) is 4.79 Å². The van der Waals surface area contributed by atoms with Crippen molar-refractivity contribution in [1.29, 1.82) is 5.26 Å². The Kier molecular flexibility index (Phi) is 9.53. The van der Waals surface area contributed by atoms with E-state index in [0.717, 1.165) is 54.8 Å². The Morgan fingerprint density at radius 1 is 1.17 bits per heavy atom. The number of halogens is 3. The smallest absolute Gasteiger partial charge is 0.318 e. The van der Waals surface area contributed by atoms with Gasteiger partial charge in [-0.1, -0.05) is 50.2 Å². The predicted octanol–water partition coefficient (Wildman–Crippen LogP) is 5.90. The first-order valence-electron chi connectivity index (χ1n) is 16.3. The van der Waals surface area contributed by atoms with E-state index in [2.05, 4.69) is 41.2 Å². The zero-order valence-corrected chi connectivity index (χ0v) is 27.7. The van der Waals surface area contributed by atoms with E-state index in [1.54, 1.807) is 6.07 Å². The summed E-state index contributed by atoms with van der Waals surface area (Å²) in [5.74, 6) is -1.59. The number of carbonyl (C=O) groups is 1. The monoisotopic (exact) mass is 663 g/mol. The van der Waals surface area contributed by atoms with Gasteiger partial charge >= 0.3 is 6.01 Å². The fourth-order valence-corrected chi connectivity index (χ4v) is 7.16. The fourth-order valence-electron chi connectivity index (χ4n) is 6.89. The molecule has 1 aliphatic carbocycles. The molecule has 3 aromatic rings. The second kappa shape index (κ2) is 13.6. The van der Waals surface area contributed by atoms with Crippen molar-refractivity contribution in [2.75, 3.05) is 62.2 Å². The van der Waals surface area contributed by atoms with Crippen LogP contribution in [0.2, 0.25) is 5.02 Å². The molecule has 248 valence electrons. The van der Waals surface area contributed by atoms with Crippen LogP contribution in [0.3, 0.4) is 0 Å². The number of amides is 1. The number of fused-ring (bicyclic) bond motifs is 2. The fraction of sp³-hybridized carbons (Fsp3) is 0.486. The van der Waals surface area contributed by atoms with Crippen LogP contribution in [0.5, 0.6) is 6.01 Å². The van der Waals surface area contributed by atoms with Crippen LogP contribution in [-0.2, 0) is 17.8 Å². The van der Waals surface area contributed by atoms with Crippen LogP contribution in [0.4, 0.5) is 20.3 Å². The number of ether oxygens (including phenoxy) is 1. The van der Waals surface area contributed by atoms with Crippen molar-refractivity contribution >= 4 is 39.8 Å². The van der Waals surface area contributed by atoms with Crippen LogP contribution >= 0.6 is 11.6 Å². The zero-order chi connectivity index (χ0) is 33.3. The standard InChI is InChI=1S/C35H40ClF2N7O2/c1-4-42(5-2)21-35(13-14-35)22-47-34-40-28-20-43(29-8-6-7-24-9-10-27(38)31(36)30(24)29)16-12-26(28)32(41-34)44-17-18-45(33(46)23(3)37)25(19-44)11-15-39/h6-10,25H,3-5,11-14,16-22H2,1-2H3/t25-/m0/s1. The summed E-state index contributed by atoms with van der Waals surface area (Å²) in [6.07, 6.45) is 2.81. The van der Waals surface area contributed by atoms with Gasteiger partial charge in [-0.15, -0.1) is 0 Å². The number of nitriles is 1. The maximum Gasteiger partial charge on any atom is 0.318 e. The first-order valence-corrected chi connectivity index (χ1v) is 16.7. The molecule has 2 aliphatic heterocycles. The first kappa shape index (κ1) is 32.9. The zero-order valence-electron chi connectivity index (χ0n) is 26.9. The maximum atomic E-state index is 14.6. The molecule has 3 heterocycles. The number of hydrogen-bond donors (Lipinski definition) is 0. The van der Waals surface area contributed by atoms with Crippen LogP contribution in [0, 0.1) is 22.6 Å². The summed E-state index contributed by atoms with van der Waals surface area (Å²) in [6.45, 7) is 12.9. The summed E-state index contributed by atoms with van der Waals surface area (Å²) in [5, 5.41) is 11.1. The third-order valence-electron chi connectivity index (χ3n) is 9.80. The predicted molar refractivity (Wildman–Crippen MR) is 179 cm³/mol. The average Bonchev–Trinajstić information content (AvgIpc) is 3.86. The van der Waals surface area contributed by atoms with Crippen molar-refractivity contribution < 1.29 is 18.3 Å². The normalized spacial score (nSPS) is 18.7. The number of anilines is 2. The van der Waals surface area contributed by atoms with E-state index in [9.17, 15) is 18.8 Å². The highest BCUT2D eigenvalue weighted by Gasteiger charge is 2.45. The Morgan fingerprint density at radius 3 is 2.66 bits per heavy atom. The van der Waals surface area contributed by atoms with Gasteiger partial charge in [0.05, 0.1) is 42.4 Å². The Labute approximate surface area is 279 Å². The molecule has 2 aromatic carbocycles. The highest BCUT2D eigenvalue weighted by molar-refractivity contribution is 6.36. The largest absolute Gasteiger partial charge is 0.463 e. The molecule has 6 rings (SSSR count). The average molecular weight is 664 g/mol. The van der Waals surface area contributed by atoms with Crippen LogP contribution in [-0.4, -0.2) is 84.1 Å². The van der Waals surface area contributed by atoms with Crippen molar-refractivity contribution in [2.45, 2.75) is 52.1 Å². The number of nitrogens with zero attached hydrogens (tertiary/aromatic N) is 7. The van der Waals surface area contributed by atoms with E-state index in [0.29, 0.717) is 50.4 Å². The molecule has 1 saturated heterocycles. The minimum absolute atomic E-state index is 0.0478. The number of benzene rings is 2. The molecule has 0 spiro atoms. The lowest BCUT2D eigenvalue weighted by Crippen LogP contribution is -2.55. The summed E-state index contributed by atoms with van der Waals surface area (Å²) >= 11 is 6.51. The summed E-state index contributed by atoms with van der Waals surface area (Å²) < 4.78 is 34.9. The molecular formula is C35H40ClF2N7O2. The van der Waals surface area contributed by atoms with Crippen molar-refractivity contribution in [1.82, 2.24) is 19.8 Å². The number of hydrogen-bond acceptors (Lipinski definition) is 8. The van der Waals surface area contributed by atoms with Gasteiger partial charge in [0.1, 0.15) is 11.6 Å². The summed E-state index contributed by atoms with van der Waals surface area (Å²) in [4.78, 5) is 30.5. The Bertz CT molecular complexity index is 1720. The Morgan fingerprint density at radius 2 is 1.96 bits per heavy atom. The second-order valence-corrected chi connectivity index (χ2v) is 13.2. The van der Waals surface area contributed by atoms with Gasteiger partial charge in [-0.05, 0) is 49.9 Å². The number of aromatic nitrogens is 2. The van der Waals surface area contributed by atoms with Crippen LogP contribution in [0.1, 0.15) is 44.4 Å². The SMILES string of the molecule is C=C(F)C(=O)N1CCN(c2nc(OCC3(CN(CC)CC)CC3)nc3c2CCN(c2cccc4ccc(F)c(Cl)c24)C3)C[C@@H]1CC#N. The maximum absolute atomic E-state index is 14.6. The molecule has 0 N–H and O–H groups in total. The molecule has 1 aromatic heterocycles. The van der Waals surface area contributed by atoms with E-state index in [1.807, 2.05) is 18.2 Å². The van der Waals surface area contributed by atoms with Crippen molar-refractivity contribution in [3.05, 3.63) is 64.8 Å². The molecule has 1 atom stereocenters. The van der Waals surface area contributed by atoms with Crippen LogP contribution in [0.25, 0.3) is 10.8 Å². The minimum atomic E-state index is -1.04. The van der Waals surface area contributed by atoms with Crippen molar-refractivity contribution in [3.8, 4) is 12.1 Å². The molecule has 9 nitrogen and oxygen atoms in total. The topological polar surface area (TPSA) is 88.8 Å². The van der Waals surface area contributed by atoms with Crippen LogP contribution < -0.4 is 14.5 Å². The Balaban J connectivity index is 1.34. The van der Waals surface area contributed by atoms with Gasteiger partial charge in [-0.2, -0.15) is 15.2 Å². The quantitative estimate of drug-likeness (QED) is 0.235.